The number of rotatable bonds is 6. The van der Waals surface area contributed by atoms with Crippen LogP contribution in [0.3, 0.4) is 0 Å². The minimum atomic E-state index is -0.127. The van der Waals surface area contributed by atoms with Gasteiger partial charge >= 0.3 is 5.97 Å². The Bertz CT molecular complexity index is 682. The minimum absolute atomic E-state index is 0.0877. The van der Waals surface area contributed by atoms with Crippen LogP contribution in [0.2, 0.25) is 0 Å². The lowest BCUT2D eigenvalue weighted by atomic mass is 9.96. The highest BCUT2D eigenvalue weighted by Gasteiger charge is 2.44. The molecule has 1 aromatic carbocycles. The van der Waals surface area contributed by atoms with Gasteiger partial charge in [-0.2, -0.15) is 0 Å². The first-order valence-electron chi connectivity index (χ1n) is 9.78. The number of nitrogens with zero attached hydrogens (tertiary/aromatic N) is 2. The zero-order valence-electron chi connectivity index (χ0n) is 16.8. The zero-order valence-corrected chi connectivity index (χ0v) is 16.8. The van der Waals surface area contributed by atoms with Crippen molar-refractivity contribution < 1.29 is 14.3 Å². The van der Waals surface area contributed by atoms with E-state index in [1.54, 1.807) is 7.11 Å². The first kappa shape index (κ1) is 19.5. The van der Waals surface area contributed by atoms with E-state index in [2.05, 4.69) is 36.2 Å². The van der Waals surface area contributed by atoms with Crippen molar-refractivity contribution in [3.63, 3.8) is 0 Å². The predicted molar refractivity (Wildman–Crippen MR) is 106 cm³/mol. The number of ether oxygens (including phenoxy) is 2. The van der Waals surface area contributed by atoms with E-state index in [-0.39, 0.29) is 23.2 Å². The molecule has 1 heterocycles. The second kappa shape index (κ2) is 8.19. The monoisotopic (exact) mass is 373 g/mol. The molecule has 1 aliphatic carbocycles. The van der Waals surface area contributed by atoms with Gasteiger partial charge in [-0.15, -0.1) is 0 Å². The van der Waals surface area contributed by atoms with Crippen LogP contribution in [-0.4, -0.2) is 57.2 Å². The number of aliphatic imine (C=N–C) groups is 1. The molecule has 1 N–H and O–H groups in total. The van der Waals surface area contributed by atoms with Crippen molar-refractivity contribution in [3.8, 4) is 5.75 Å². The summed E-state index contributed by atoms with van der Waals surface area (Å²) in [4.78, 5) is 19.1. The standard InChI is InChI=1S/C21H31N3O3/c1-5-22-20(24-12-15(2)18(13-24)19(25)27-4)23-14-21(10-11-21)16-6-8-17(26-3)9-7-16/h6-9,15,18H,5,10-14H2,1-4H3,(H,22,23). The lowest BCUT2D eigenvalue weighted by molar-refractivity contribution is -0.145. The van der Waals surface area contributed by atoms with E-state index < -0.39 is 0 Å². The highest BCUT2D eigenvalue weighted by molar-refractivity contribution is 5.82. The average Bonchev–Trinajstić information content (AvgIpc) is 3.39. The zero-order chi connectivity index (χ0) is 19.4. The van der Waals surface area contributed by atoms with Gasteiger partial charge in [-0.05, 0) is 43.4 Å². The number of carbonyl (C=O) groups excluding carboxylic acids is 1. The number of hydrogen-bond donors (Lipinski definition) is 1. The number of guanidine groups is 1. The second-order valence-electron chi connectivity index (χ2n) is 7.69. The summed E-state index contributed by atoms with van der Waals surface area (Å²) in [6.07, 6.45) is 2.31. The van der Waals surface area contributed by atoms with Crippen molar-refractivity contribution in [2.75, 3.05) is 40.4 Å². The fraction of sp³-hybridized carbons (Fsp3) is 0.619. The molecule has 1 aliphatic heterocycles. The molecule has 3 rings (SSSR count). The Morgan fingerprint density at radius 1 is 1.26 bits per heavy atom. The van der Waals surface area contributed by atoms with Gasteiger partial charge in [-0.3, -0.25) is 9.79 Å². The third-order valence-corrected chi connectivity index (χ3v) is 5.84. The second-order valence-corrected chi connectivity index (χ2v) is 7.69. The Labute approximate surface area is 161 Å². The molecule has 148 valence electrons. The molecule has 1 aromatic rings. The van der Waals surface area contributed by atoms with Crippen LogP contribution in [-0.2, 0) is 14.9 Å². The van der Waals surface area contributed by atoms with Crippen molar-refractivity contribution in [1.29, 1.82) is 0 Å². The Morgan fingerprint density at radius 3 is 2.52 bits per heavy atom. The number of nitrogens with one attached hydrogen (secondary N) is 1. The smallest absolute Gasteiger partial charge is 0.310 e. The SMILES string of the molecule is CCNC(=NCC1(c2ccc(OC)cc2)CC1)N1CC(C)C(C(=O)OC)C1. The van der Waals surface area contributed by atoms with Gasteiger partial charge in [0.2, 0.25) is 0 Å². The summed E-state index contributed by atoms with van der Waals surface area (Å²) < 4.78 is 10.2. The van der Waals surface area contributed by atoms with Gasteiger partial charge in [0.1, 0.15) is 5.75 Å². The Morgan fingerprint density at radius 2 is 1.96 bits per heavy atom. The Hall–Kier alpha value is -2.24. The number of benzene rings is 1. The lowest BCUT2D eigenvalue weighted by Gasteiger charge is -2.23. The van der Waals surface area contributed by atoms with Crippen LogP contribution in [0.1, 0.15) is 32.3 Å². The Balaban J connectivity index is 1.71. The summed E-state index contributed by atoms with van der Waals surface area (Å²) in [5.74, 6) is 1.83. The van der Waals surface area contributed by atoms with Gasteiger partial charge in [0.15, 0.2) is 5.96 Å². The molecule has 0 radical (unpaired) electrons. The maximum atomic E-state index is 12.0. The first-order chi connectivity index (χ1) is 13.0. The third-order valence-electron chi connectivity index (χ3n) is 5.84. The molecule has 2 atom stereocenters. The molecule has 0 aromatic heterocycles. The molecule has 0 bridgehead atoms. The van der Waals surface area contributed by atoms with Gasteiger partial charge in [0.25, 0.3) is 0 Å². The highest BCUT2D eigenvalue weighted by atomic mass is 16.5. The predicted octanol–water partition coefficient (Wildman–Crippen LogP) is 2.43. The number of likely N-dealkylation sites (tertiary alicyclic amines) is 1. The van der Waals surface area contributed by atoms with Crippen LogP contribution in [0, 0.1) is 11.8 Å². The Kier molecular flexibility index (Phi) is 5.92. The first-order valence-corrected chi connectivity index (χ1v) is 9.78. The van der Waals surface area contributed by atoms with Crippen LogP contribution in [0.4, 0.5) is 0 Å². The summed E-state index contributed by atoms with van der Waals surface area (Å²) in [6, 6.07) is 8.35. The maximum Gasteiger partial charge on any atom is 0.310 e. The van der Waals surface area contributed by atoms with Crippen LogP contribution in [0.25, 0.3) is 0 Å². The molecule has 6 nitrogen and oxygen atoms in total. The summed E-state index contributed by atoms with van der Waals surface area (Å²) >= 11 is 0. The van der Waals surface area contributed by atoms with Crippen LogP contribution < -0.4 is 10.1 Å². The number of esters is 1. The van der Waals surface area contributed by atoms with E-state index in [0.717, 1.165) is 44.2 Å². The van der Waals surface area contributed by atoms with Gasteiger partial charge in [-0.1, -0.05) is 19.1 Å². The van der Waals surface area contributed by atoms with Crippen molar-refractivity contribution >= 4 is 11.9 Å². The molecular formula is C21H31N3O3. The van der Waals surface area contributed by atoms with E-state index in [4.69, 9.17) is 14.5 Å². The largest absolute Gasteiger partial charge is 0.497 e. The molecule has 0 amide bonds. The lowest BCUT2D eigenvalue weighted by Crippen LogP contribution is -2.41. The van der Waals surface area contributed by atoms with Crippen molar-refractivity contribution in [3.05, 3.63) is 29.8 Å². The van der Waals surface area contributed by atoms with E-state index in [1.807, 2.05) is 12.1 Å². The van der Waals surface area contributed by atoms with E-state index in [1.165, 1.54) is 12.7 Å². The third kappa shape index (κ3) is 4.20. The van der Waals surface area contributed by atoms with Crippen molar-refractivity contribution in [1.82, 2.24) is 10.2 Å². The molecule has 1 saturated heterocycles. The van der Waals surface area contributed by atoms with Crippen LogP contribution in [0.15, 0.2) is 29.3 Å². The topological polar surface area (TPSA) is 63.2 Å². The molecule has 6 heteroatoms. The maximum absolute atomic E-state index is 12.0. The normalized spacial score (nSPS) is 23.9. The fourth-order valence-electron chi connectivity index (χ4n) is 3.88. The van der Waals surface area contributed by atoms with Crippen LogP contribution in [0.5, 0.6) is 5.75 Å². The van der Waals surface area contributed by atoms with Crippen molar-refractivity contribution in [2.45, 2.75) is 32.1 Å². The molecular weight excluding hydrogens is 342 g/mol. The average molecular weight is 373 g/mol. The molecule has 0 spiro atoms. The highest BCUT2D eigenvalue weighted by Crippen LogP contribution is 2.48. The molecule has 2 unspecified atom stereocenters. The number of methoxy groups -OCH3 is 2. The van der Waals surface area contributed by atoms with Gasteiger partial charge < -0.3 is 19.7 Å². The fourth-order valence-corrected chi connectivity index (χ4v) is 3.88. The van der Waals surface area contributed by atoms with E-state index in [9.17, 15) is 4.79 Å². The summed E-state index contributed by atoms with van der Waals surface area (Å²) in [5, 5.41) is 3.40. The molecule has 27 heavy (non-hydrogen) atoms. The number of carbonyl (C=O) groups is 1. The summed E-state index contributed by atoms with van der Waals surface area (Å²) in [5.41, 5.74) is 1.46. The van der Waals surface area contributed by atoms with E-state index in [0.29, 0.717) is 6.54 Å². The molecule has 1 saturated carbocycles. The minimum Gasteiger partial charge on any atom is -0.497 e. The quantitative estimate of drug-likeness (QED) is 0.471. The van der Waals surface area contributed by atoms with Gasteiger partial charge in [0, 0.05) is 25.0 Å². The van der Waals surface area contributed by atoms with Crippen molar-refractivity contribution in [2.24, 2.45) is 16.8 Å². The van der Waals surface area contributed by atoms with E-state index >= 15 is 0 Å². The summed E-state index contributed by atoms with van der Waals surface area (Å²) in [6.45, 7) is 7.22. The van der Waals surface area contributed by atoms with Crippen LogP contribution >= 0.6 is 0 Å². The summed E-state index contributed by atoms with van der Waals surface area (Å²) in [7, 11) is 3.15. The number of hydrogen-bond acceptors (Lipinski definition) is 4. The molecule has 2 aliphatic rings. The molecule has 2 fully saturated rings. The van der Waals surface area contributed by atoms with Gasteiger partial charge in [0.05, 0.1) is 26.7 Å². The van der Waals surface area contributed by atoms with Gasteiger partial charge in [-0.25, -0.2) is 0 Å².